The third kappa shape index (κ3) is 2.96. The van der Waals surface area contributed by atoms with Crippen molar-refractivity contribution in [2.24, 2.45) is 0 Å². The molecule has 5 nitrogen and oxygen atoms in total. The van der Waals surface area contributed by atoms with Crippen LogP contribution in [0.3, 0.4) is 0 Å². The van der Waals surface area contributed by atoms with Crippen LogP contribution in [0.4, 0.5) is 0 Å². The normalized spacial score (nSPS) is 21.6. The van der Waals surface area contributed by atoms with Gasteiger partial charge in [0.25, 0.3) is 0 Å². The lowest BCUT2D eigenvalue weighted by atomic mass is 9.82. The van der Waals surface area contributed by atoms with Crippen molar-refractivity contribution in [2.75, 3.05) is 0 Å². The number of fused-ring (bicyclic) bond motifs is 1. The van der Waals surface area contributed by atoms with E-state index in [1.54, 1.807) is 0 Å². The number of pyridine rings is 1. The zero-order valence-corrected chi connectivity index (χ0v) is 14.3. The van der Waals surface area contributed by atoms with Gasteiger partial charge in [0.1, 0.15) is 5.65 Å². The van der Waals surface area contributed by atoms with Crippen molar-refractivity contribution in [3.05, 3.63) is 36.4 Å². The fraction of sp³-hybridized carbons (Fsp3) is 0.474. The zero-order valence-electron chi connectivity index (χ0n) is 14.3. The summed E-state index contributed by atoms with van der Waals surface area (Å²) in [5.41, 5.74) is 4.59. The number of aromatic nitrogens is 4. The van der Waals surface area contributed by atoms with Crippen molar-refractivity contribution in [2.45, 2.75) is 57.5 Å². The van der Waals surface area contributed by atoms with Crippen molar-refractivity contribution in [1.29, 1.82) is 0 Å². The summed E-state index contributed by atoms with van der Waals surface area (Å²) in [6, 6.07) is 3.57. The molecule has 0 atom stereocenters. The topological polar surface area (TPSA) is 69.4 Å². The van der Waals surface area contributed by atoms with Gasteiger partial charge >= 0.3 is 0 Å². The second kappa shape index (κ2) is 6.40. The summed E-state index contributed by atoms with van der Waals surface area (Å²) < 4.78 is 0. The lowest BCUT2D eigenvalue weighted by Gasteiger charge is -2.30. The van der Waals surface area contributed by atoms with Crippen LogP contribution in [0.2, 0.25) is 0 Å². The number of hydrogen-bond donors (Lipinski definition) is 3. The molecule has 126 valence electrons. The van der Waals surface area contributed by atoms with Crippen molar-refractivity contribution in [3.8, 4) is 11.1 Å². The number of aromatic amines is 2. The van der Waals surface area contributed by atoms with E-state index in [1.165, 1.54) is 42.2 Å². The molecule has 0 unspecified atom stereocenters. The quantitative estimate of drug-likeness (QED) is 0.680. The minimum atomic E-state index is 0.571. The predicted molar refractivity (Wildman–Crippen MR) is 96.9 cm³/mol. The summed E-state index contributed by atoms with van der Waals surface area (Å²) in [7, 11) is 0. The molecule has 1 saturated carbocycles. The number of rotatable bonds is 4. The summed E-state index contributed by atoms with van der Waals surface area (Å²) in [6.07, 6.45) is 12.8. The molecule has 1 aliphatic carbocycles. The Kier molecular flexibility index (Phi) is 4.10. The van der Waals surface area contributed by atoms with Gasteiger partial charge in [-0.3, -0.25) is 5.10 Å². The molecule has 0 aliphatic heterocycles. The van der Waals surface area contributed by atoms with E-state index in [0.29, 0.717) is 18.0 Å². The molecule has 3 heterocycles. The highest BCUT2D eigenvalue weighted by atomic mass is 15.1. The van der Waals surface area contributed by atoms with E-state index >= 15 is 0 Å². The maximum Gasteiger partial charge on any atom is 0.137 e. The Bertz CT molecular complexity index is 794. The Hall–Kier alpha value is -2.14. The van der Waals surface area contributed by atoms with Crippen LogP contribution < -0.4 is 5.32 Å². The van der Waals surface area contributed by atoms with E-state index in [1.807, 2.05) is 18.6 Å². The second-order valence-electron chi connectivity index (χ2n) is 7.22. The fourth-order valence-electron chi connectivity index (χ4n) is 3.94. The number of nitrogens with one attached hydrogen (secondary N) is 3. The lowest BCUT2D eigenvalue weighted by Crippen LogP contribution is -2.37. The summed E-state index contributed by atoms with van der Waals surface area (Å²) in [4.78, 5) is 7.92. The monoisotopic (exact) mass is 323 g/mol. The van der Waals surface area contributed by atoms with Gasteiger partial charge in [-0.25, -0.2) is 4.98 Å². The van der Waals surface area contributed by atoms with Crippen molar-refractivity contribution >= 4 is 11.0 Å². The highest BCUT2D eigenvalue weighted by Crippen LogP contribution is 2.35. The second-order valence-corrected chi connectivity index (χ2v) is 7.22. The summed E-state index contributed by atoms with van der Waals surface area (Å²) in [6.45, 7) is 4.46. The van der Waals surface area contributed by atoms with Gasteiger partial charge in [-0.05, 0) is 43.2 Å². The Labute approximate surface area is 142 Å². The molecular weight excluding hydrogens is 298 g/mol. The van der Waals surface area contributed by atoms with E-state index in [2.05, 4.69) is 51.6 Å². The fourth-order valence-corrected chi connectivity index (χ4v) is 3.94. The third-order valence-corrected chi connectivity index (χ3v) is 5.13. The van der Waals surface area contributed by atoms with E-state index in [-0.39, 0.29) is 0 Å². The van der Waals surface area contributed by atoms with Gasteiger partial charge in [0.05, 0.1) is 6.20 Å². The molecule has 24 heavy (non-hydrogen) atoms. The molecule has 0 amide bonds. The minimum Gasteiger partial charge on any atom is -0.346 e. The molecule has 0 radical (unpaired) electrons. The first-order chi connectivity index (χ1) is 11.7. The molecule has 5 heteroatoms. The Morgan fingerprint density at radius 2 is 1.96 bits per heavy atom. The van der Waals surface area contributed by atoms with Gasteiger partial charge in [-0.2, -0.15) is 5.10 Å². The predicted octanol–water partition coefficient (Wildman–Crippen LogP) is 3.98. The molecule has 0 aromatic carbocycles. The van der Waals surface area contributed by atoms with Gasteiger partial charge in [-0.15, -0.1) is 0 Å². The van der Waals surface area contributed by atoms with Crippen LogP contribution in [0.5, 0.6) is 0 Å². The molecule has 3 N–H and O–H groups in total. The van der Waals surface area contributed by atoms with Crippen LogP contribution in [0.15, 0.2) is 30.9 Å². The Balaban J connectivity index is 1.56. The first-order valence-corrected chi connectivity index (χ1v) is 8.93. The third-order valence-electron chi connectivity index (χ3n) is 5.13. The zero-order chi connectivity index (χ0) is 16.5. The molecule has 3 aromatic rings. The average molecular weight is 323 g/mol. The average Bonchev–Trinajstić information content (AvgIpc) is 3.23. The van der Waals surface area contributed by atoms with E-state index in [0.717, 1.165) is 11.2 Å². The van der Waals surface area contributed by atoms with E-state index < -0.39 is 0 Å². The summed E-state index contributed by atoms with van der Waals surface area (Å²) >= 11 is 0. The smallest absolute Gasteiger partial charge is 0.137 e. The molecule has 0 bridgehead atoms. The number of hydrogen-bond acceptors (Lipinski definition) is 3. The van der Waals surface area contributed by atoms with Gasteiger partial charge in [0.2, 0.25) is 0 Å². The maximum atomic E-state index is 4.65. The van der Waals surface area contributed by atoms with E-state index in [4.69, 9.17) is 0 Å². The highest BCUT2D eigenvalue weighted by Gasteiger charge is 2.23. The van der Waals surface area contributed by atoms with Crippen molar-refractivity contribution in [1.82, 2.24) is 25.5 Å². The van der Waals surface area contributed by atoms with Crippen molar-refractivity contribution < 1.29 is 0 Å². The summed E-state index contributed by atoms with van der Waals surface area (Å²) in [5.74, 6) is 0.624. The maximum absolute atomic E-state index is 4.65. The largest absolute Gasteiger partial charge is 0.346 e. The van der Waals surface area contributed by atoms with E-state index in [9.17, 15) is 0 Å². The highest BCUT2D eigenvalue weighted by molar-refractivity contribution is 5.93. The molecular formula is C19H25N5. The van der Waals surface area contributed by atoms with Crippen LogP contribution in [-0.2, 0) is 0 Å². The van der Waals surface area contributed by atoms with Crippen LogP contribution in [0.1, 0.15) is 51.0 Å². The summed E-state index contributed by atoms with van der Waals surface area (Å²) in [5, 5.41) is 11.8. The number of H-pyrrole nitrogens is 2. The number of nitrogens with zero attached hydrogens (tertiary/aromatic N) is 2. The van der Waals surface area contributed by atoms with Crippen LogP contribution in [0.25, 0.3) is 22.2 Å². The molecule has 1 aliphatic rings. The van der Waals surface area contributed by atoms with Gasteiger partial charge < -0.3 is 10.3 Å². The first-order valence-electron chi connectivity index (χ1n) is 8.93. The molecule has 1 fully saturated rings. The first kappa shape index (κ1) is 15.4. The molecule has 4 rings (SSSR count). The van der Waals surface area contributed by atoms with Gasteiger partial charge in [-0.1, -0.05) is 13.8 Å². The van der Waals surface area contributed by atoms with Gasteiger partial charge in [0, 0.05) is 47.2 Å². The Morgan fingerprint density at radius 1 is 1.12 bits per heavy atom. The SMILES string of the molecule is CC(C)NC1CCC(c2cnc3[nH]cc(-c4cn[nH]c4)c3c2)CC1. The van der Waals surface area contributed by atoms with Crippen LogP contribution in [-0.4, -0.2) is 32.2 Å². The molecule has 0 spiro atoms. The van der Waals surface area contributed by atoms with Gasteiger partial charge in [0.15, 0.2) is 0 Å². The molecule has 3 aromatic heterocycles. The lowest BCUT2D eigenvalue weighted by molar-refractivity contribution is 0.326. The standard InChI is InChI=1S/C19H25N5/c1-12(2)24-16-5-3-13(4-6-16)14-7-17-18(15-9-22-23-10-15)11-21-19(17)20-8-14/h7-13,16,24H,3-6H2,1-2H3,(H,20,21)(H,22,23). The minimum absolute atomic E-state index is 0.571. The van der Waals surface area contributed by atoms with Crippen LogP contribution in [0, 0.1) is 0 Å². The molecule has 0 saturated heterocycles. The van der Waals surface area contributed by atoms with Crippen molar-refractivity contribution in [3.63, 3.8) is 0 Å². The Morgan fingerprint density at radius 3 is 2.67 bits per heavy atom. The van der Waals surface area contributed by atoms with Crippen LogP contribution >= 0.6 is 0 Å².